The van der Waals surface area contributed by atoms with Crippen LogP contribution in [0, 0.1) is 13.8 Å². The number of anilines is 1. The number of aryl methyl sites for hydroxylation is 2. The lowest BCUT2D eigenvalue weighted by atomic mass is 10.1. The topological polar surface area (TPSA) is 51.2 Å². The smallest absolute Gasteiger partial charge is 0.226 e. The Kier molecular flexibility index (Phi) is 5.11. The first-order valence-corrected chi connectivity index (χ1v) is 8.79. The molecule has 1 amide bonds. The standard InChI is InChI=1S/C19H20N2O2S/c1-13-9-10-16(14(2)12-13)23-11-5-8-18(22)21-19-20-15-6-3-4-7-17(15)24-19/h3-4,6-7,9-10,12H,5,8,11H2,1-2H3,(H,20,21,22). The van der Waals surface area contributed by atoms with Crippen molar-refractivity contribution in [3.05, 3.63) is 53.6 Å². The number of fused-ring (bicyclic) bond motifs is 1. The van der Waals surface area contributed by atoms with Gasteiger partial charge in [0, 0.05) is 6.42 Å². The maximum absolute atomic E-state index is 12.0. The minimum absolute atomic E-state index is 0.0294. The Morgan fingerprint density at radius 1 is 1.21 bits per heavy atom. The largest absolute Gasteiger partial charge is 0.493 e. The molecule has 0 saturated heterocycles. The normalized spacial score (nSPS) is 10.8. The van der Waals surface area contributed by atoms with E-state index in [-0.39, 0.29) is 5.91 Å². The van der Waals surface area contributed by atoms with Crippen molar-refractivity contribution in [2.75, 3.05) is 11.9 Å². The molecule has 1 N–H and O–H groups in total. The van der Waals surface area contributed by atoms with Crippen LogP contribution in [-0.2, 0) is 4.79 Å². The molecule has 0 aliphatic carbocycles. The van der Waals surface area contributed by atoms with Crippen LogP contribution in [0.3, 0.4) is 0 Å². The van der Waals surface area contributed by atoms with E-state index in [0.717, 1.165) is 21.5 Å². The fourth-order valence-corrected chi connectivity index (χ4v) is 3.37. The number of benzene rings is 2. The van der Waals surface area contributed by atoms with Crippen LogP contribution in [0.1, 0.15) is 24.0 Å². The highest BCUT2D eigenvalue weighted by Crippen LogP contribution is 2.25. The quantitative estimate of drug-likeness (QED) is 0.661. The third-order valence-corrected chi connectivity index (χ3v) is 4.63. The summed E-state index contributed by atoms with van der Waals surface area (Å²) in [5, 5.41) is 3.51. The average molecular weight is 340 g/mol. The number of para-hydroxylation sites is 1. The summed E-state index contributed by atoms with van der Waals surface area (Å²) in [6.45, 7) is 4.61. The molecule has 0 saturated carbocycles. The second-order valence-electron chi connectivity index (χ2n) is 5.76. The molecule has 4 nitrogen and oxygen atoms in total. The fourth-order valence-electron chi connectivity index (χ4n) is 2.48. The Morgan fingerprint density at radius 2 is 2.04 bits per heavy atom. The zero-order chi connectivity index (χ0) is 16.9. The zero-order valence-electron chi connectivity index (χ0n) is 13.8. The Morgan fingerprint density at radius 3 is 2.83 bits per heavy atom. The van der Waals surface area contributed by atoms with E-state index >= 15 is 0 Å². The van der Waals surface area contributed by atoms with Gasteiger partial charge in [0.2, 0.25) is 5.91 Å². The van der Waals surface area contributed by atoms with Gasteiger partial charge in [0.15, 0.2) is 5.13 Å². The Bertz CT molecular complexity index is 824. The highest BCUT2D eigenvalue weighted by Gasteiger charge is 2.08. The van der Waals surface area contributed by atoms with Gasteiger partial charge in [-0.15, -0.1) is 0 Å². The Balaban J connectivity index is 1.45. The van der Waals surface area contributed by atoms with Gasteiger partial charge in [-0.25, -0.2) is 4.98 Å². The van der Waals surface area contributed by atoms with Crippen molar-refractivity contribution in [1.82, 2.24) is 4.98 Å². The predicted octanol–water partition coefficient (Wildman–Crippen LogP) is 4.71. The molecule has 0 bridgehead atoms. The van der Waals surface area contributed by atoms with Gasteiger partial charge in [0.1, 0.15) is 5.75 Å². The molecule has 0 radical (unpaired) electrons. The number of carbonyl (C=O) groups excluding carboxylic acids is 1. The van der Waals surface area contributed by atoms with E-state index in [0.29, 0.717) is 24.6 Å². The summed E-state index contributed by atoms with van der Waals surface area (Å²) in [6.07, 6.45) is 1.09. The number of ether oxygens (including phenoxy) is 1. The number of nitrogens with zero attached hydrogens (tertiary/aromatic N) is 1. The van der Waals surface area contributed by atoms with Crippen molar-refractivity contribution in [3.63, 3.8) is 0 Å². The minimum atomic E-state index is -0.0294. The number of nitrogens with one attached hydrogen (secondary N) is 1. The number of amides is 1. The number of carbonyl (C=O) groups is 1. The van der Waals surface area contributed by atoms with E-state index in [1.54, 1.807) is 0 Å². The van der Waals surface area contributed by atoms with Crippen LogP contribution >= 0.6 is 11.3 Å². The van der Waals surface area contributed by atoms with Crippen LogP contribution < -0.4 is 10.1 Å². The van der Waals surface area contributed by atoms with Gasteiger partial charge in [-0.2, -0.15) is 0 Å². The Hall–Kier alpha value is -2.40. The number of aromatic nitrogens is 1. The molecule has 2 aromatic carbocycles. The number of rotatable bonds is 6. The summed E-state index contributed by atoms with van der Waals surface area (Å²) in [5.41, 5.74) is 3.25. The van der Waals surface area contributed by atoms with Crippen molar-refractivity contribution < 1.29 is 9.53 Å². The monoisotopic (exact) mass is 340 g/mol. The van der Waals surface area contributed by atoms with E-state index in [2.05, 4.69) is 23.3 Å². The molecular formula is C19H20N2O2S. The lowest BCUT2D eigenvalue weighted by Gasteiger charge is -2.09. The first kappa shape index (κ1) is 16.5. The maximum atomic E-state index is 12.0. The molecular weight excluding hydrogens is 320 g/mol. The lowest BCUT2D eigenvalue weighted by Crippen LogP contribution is -2.12. The van der Waals surface area contributed by atoms with Crippen LogP contribution in [0.4, 0.5) is 5.13 Å². The molecule has 3 rings (SSSR count). The van der Waals surface area contributed by atoms with Crippen LogP contribution in [0.15, 0.2) is 42.5 Å². The second kappa shape index (κ2) is 7.45. The first-order valence-electron chi connectivity index (χ1n) is 7.97. The highest BCUT2D eigenvalue weighted by atomic mass is 32.1. The summed E-state index contributed by atoms with van der Waals surface area (Å²) in [7, 11) is 0. The van der Waals surface area contributed by atoms with E-state index < -0.39 is 0 Å². The van der Waals surface area contributed by atoms with Crippen LogP contribution in [0.25, 0.3) is 10.2 Å². The van der Waals surface area contributed by atoms with E-state index in [1.807, 2.05) is 43.3 Å². The molecule has 1 heterocycles. The van der Waals surface area contributed by atoms with Gasteiger partial charge in [-0.1, -0.05) is 41.2 Å². The van der Waals surface area contributed by atoms with Crippen molar-refractivity contribution in [3.8, 4) is 5.75 Å². The summed E-state index contributed by atoms with van der Waals surface area (Å²) in [5.74, 6) is 0.852. The lowest BCUT2D eigenvalue weighted by molar-refractivity contribution is -0.116. The summed E-state index contributed by atoms with van der Waals surface area (Å²) in [6, 6.07) is 14.0. The van der Waals surface area contributed by atoms with Gasteiger partial charge in [-0.3, -0.25) is 4.79 Å². The summed E-state index contributed by atoms with van der Waals surface area (Å²) >= 11 is 1.49. The molecule has 124 valence electrons. The molecule has 5 heteroatoms. The van der Waals surface area contributed by atoms with Gasteiger partial charge in [-0.05, 0) is 44.0 Å². The van der Waals surface area contributed by atoms with Gasteiger partial charge in [0.05, 0.1) is 16.8 Å². The van der Waals surface area contributed by atoms with Crippen molar-refractivity contribution in [2.24, 2.45) is 0 Å². The van der Waals surface area contributed by atoms with Gasteiger partial charge >= 0.3 is 0 Å². The zero-order valence-corrected chi connectivity index (χ0v) is 14.7. The van der Waals surface area contributed by atoms with Gasteiger partial charge in [0.25, 0.3) is 0 Å². The van der Waals surface area contributed by atoms with E-state index in [4.69, 9.17) is 4.74 Å². The van der Waals surface area contributed by atoms with E-state index in [1.165, 1.54) is 16.9 Å². The molecule has 0 atom stereocenters. The fraction of sp³-hybridized carbons (Fsp3) is 0.263. The van der Waals surface area contributed by atoms with Crippen LogP contribution in [0.5, 0.6) is 5.75 Å². The molecule has 0 fully saturated rings. The number of hydrogen-bond donors (Lipinski definition) is 1. The SMILES string of the molecule is Cc1ccc(OCCCC(=O)Nc2nc3ccccc3s2)c(C)c1. The molecule has 0 aliphatic heterocycles. The van der Waals surface area contributed by atoms with Crippen molar-refractivity contribution in [1.29, 1.82) is 0 Å². The molecule has 0 aliphatic rings. The summed E-state index contributed by atoms with van der Waals surface area (Å²) in [4.78, 5) is 16.4. The van der Waals surface area contributed by atoms with E-state index in [9.17, 15) is 4.79 Å². The van der Waals surface area contributed by atoms with Crippen LogP contribution in [0.2, 0.25) is 0 Å². The third kappa shape index (κ3) is 4.11. The first-order chi connectivity index (χ1) is 11.6. The predicted molar refractivity (Wildman–Crippen MR) is 98.9 cm³/mol. The minimum Gasteiger partial charge on any atom is -0.493 e. The van der Waals surface area contributed by atoms with Gasteiger partial charge < -0.3 is 10.1 Å². The summed E-state index contributed by atoms with van der Waals surface area (Å²) < 4.78 is 6.82. The van der Waals surface area contributed by atoms with Crippen LogP contribution in [-0.4, -0.2) is 17.5 Å². The third-order valence-electron chi connectivity index (χ3n) is 3.68. The second-order valence-corrected chi connectivity index (χ2v) is 6.79. The molecule has 24 heavy (non-hydrogen) atoms. The molecule has 0 spiro atoms. The van der Waals surface area contributed by atoms with Crippen molar-refractivity contribution in [2.45, 2.75) is 26.7 Å². The molecule has 1 aromatic heterocycles. The molecule has 3 aromatic rings. The number of hydrogen-bond acceptors (Lipinski definition) is 4. The number of thiazole rings is 1. The average Bonchev–Trinajstić information content (AvgIpc) is 2.95. The van der Waals surface area contributed by atoms with Crippen molar-refractivity contribution >= 4 is 32.6 Å². The Labute approximate surface area is 145 Å². The molecule has 0 unspecified atom stereocenters. The highest BCUT2D eigenvalue weighted by molar-refractivity contribution is 7.22. The maximum Gasteiger partial charge on any atom is 0.226 e.